The number of hydrogen-bond acceptors (Lipinski definition) is 2. The fourth-order valence-corrected chi connectivity index (χ4v) is 1.31. The number of carbonyl (C=O) groups is 1. The third kappa shape index (κ3) is 1.53. The van der Waals surface area contributed by atoms with E-state index >= 15 is 0 Å². The van der Waals surface area contributed by atoms with Crippen molar-refractivity contribution >= 4 is 6.03 Å². The summed E-state index contributed by atoms with van der Waals surface area (Å²) >= 11 is 0. The Bertz CT molecular complexity index is 185. The molecule has 0 aromatic heterocycles. The third-order valence-corrected chi connectivity index (χ3v) is 2.20. The molecule has 0 aromatic rings. The molecule has 0 saturated carbocycles. The summed E-state index contributed by atoms with van der Waals surface area (Å²) in [6, 6.07) is 0.0597. The summed E-state index contributed by atoms with van der Waals surface area (Å²) in [5.74, 6) is 0. The molecule has 0 aliphatic carbocycles. The molecule has 70 valence electrons. The highest BCUT2D eigenvalue weighted by atomic mass is 16.5. The zero-order chi connectivity index (χ0) is 9.35. The van der Waals surface area contributed by atoms with E-state index in [1.54, 1.807) is 31.0 Å². The number of rotatable bonds is 1. The lowest BCUT2D eigenvalue weighted by atomic mass is 9.97. The van der Waals surface area contributed by atoms with Crippen LogP contribution in [-0.4, -0.2) is 55.7 Å². The van der Waals surface area contributed by atoms with Gasteiger partial charge in [-0.25, -0.2) is 4.79 Å². The van der Waals surface area contributed by atoms with E-state index in [1.807, 2.05) is 6.92 Å². The van der Waals surface area contributed by atoms with Gasteiger partial charge < -0.3 is 14.5 Å². The summed E-state index contributed by atoms with van der Waals surface area (Å²) < 4.78 is 5.22. The van der Waals surface area contributed by atoms with Crippen LogP contribution in [0.1, 0.15) is 6.92 Å². The van der Waals surface area contributed by atoms with E-state index in [-0.39, 0.29) is 11.6 Å². The van der Waals surface area contributed by atoms with Crippen LogP contribution in [0.2, 0.25) is 0 Å². The lowest BCUT2D eigenvalue weighted by molar-refractivity contribution is -0.0940. The smallest absolute Gasteiger partial charge is 0.319 e. The number of methoxy groups -OCH3 is 1. The highest BCUT2D eigenvalue weighted by molar-refractivity contribution is 5.75. The molecule has 4 heteroatoms. The number of hydrogen-bond donors (Lipinski definition) is 0. The average molecular weight is 172 g/mol. The molecular formula is C8H16N2O2. The van der Waals surface area contributed by atoms with Gasteiger partial charge in [0, 0.05) is 21.2 Å². The van der Waals surface area contributed by atoms with Crippen molar-refractivity contribution in [2.24, 2.45) is 0 Å². The zero-order valence-corrected chi connectivity index (χ0v) is 8.13. The summed E-state index contributed by atoms with van der Waals surface area (Å²) in [6.07, 6.45) is 0. The van der Waals surface area contributed by atoms with Crippen LogP contribution >= 0.6 is 0 Å². The van der Waals surface area contributed by atoms with Crippen molar-refractivity contribution in [3.8, 4) is 0 Å². The minimum Gasteiger partial charge on any atom is -0.375 e. The molecule has 2 amide bonds. The summed E-state index contributed by atoms with van der Waals surface area (Å²) in [7, 11) is 5.19. The van der Waals surface area contributed by atoms with Gasteiger partial charge >= 0.3 is 6.03 Å². The van der Waals surface area contributed by atoms with E-state index in [0.29, 0.717) is 13.1 Å². The molecule has 0 radical (unpaired) electrons. The first kappa shape index (κ1) is 9.32. The lowest BCUT2D eigenvalue weighted by Crippen LogP contribution is -2.64. The molecule has 1 heterocycles. The first-order chi connectivity index (χ1) is 5.48. The van der Waals surface area contributed by atoms with Crippen LogP contribution in [0.15, 0.2) is 0 Å². The van der Waals surface area contributed by atoms with Gasteiger partial charge in [-0.15, -0.1) is 0 Å². The van der Waals surface area contributed by atoms with Crippen molar-refractivity contribution in [2.45, 2.75) is 12.5 Å². The van der Waals surface area contributed by atoms with E-state index in [9.17, 15) is 4.79 Å². The van der Waals surface area contributed by atoms with Crippen LogP contribution in [0.4, 0.5) is 4.79 Å². The average Bonchev–Trinajstić information content (AvgIpc) is 1.97. The van der Waals surface area contributed by atoms with Crippen LogP contribution in [-0.2, 0) is 4.74 Å². The molecule has 0 N–H and O–H groups in total. The van der Waals surface area contributed by atoms with Gasteiger partial charge in [-0.2, -0.15) is 0 Å². The maximum atomic E-state index is 11.3. The molecule has 12 heavy (non-hydrogen) atoms. The quantitative estimate of drug-likeness (QED) is 0.573. The maximum Gasteiger partial charge on any atom is 0.319 e. The van der Waals surface area contributed by atoms with Crippen LogP contribution in [0.5, 0.6) is 0 Å². The van der Waals surface area contributed by atoms with Gasteiger partial charge in [0.25, 0.3) is 0 Å². The summed E-state index contributed by atoms with van der Waals surface area (Å²) in [6.45, 7) is 3.40. The predicted molar refractivity (Wildman–Crippen MR) is 46.1 cm³/mol. The van der Waals surface area contributed by atoms with Crippen molar-refractivity contribution in [3.63, 3.8) is 0 Å². The Balaban J connectivity index is 2.39. The first-order valence-corrected chi connectivity index (χ1v) is 4.00. The van der Waals surface area contributed by atoms with E-state index in [4.69, 9.17) is 4.74 Å². The molecule has 1 fully saturated rings. The minimum absolute atomic E-state index is 0.0597. The van der Waals surface area contributed by atoms with Gasteiger partial charge in [-0.05, 0) is 6.92 Å². The van der Waals surface area contributed by atoms with Gasteiger partial charge in [0.1, 0.15) is 5.60 Å². The second-order valence-electron chi connectivity index (χ2n) is 3.69. The first-order valence-electron chi connectivity index (χ1n) is 4.00. The van der Waals surface area contributed by atoms with Gasteiger partial charge in [0.05, 0.1) is 13.1 Å². The normalized spacial score (nSPS) is 20.2. The van der Waals surface area contributed by atoms with Crippen molar-refractivity contribution in [1.29, 1.82) is 0 Å². The second-order valence-corrected chi connectivity index (χ2v) is 3.69. The number of nitrogens with zero attached hydrogens (tertiary/aromatic N) is 2. The highest BCUT2D eigenvalue weighted by Gasteiger charge is 2.41. The summed E-state index contributed by atoms with van der Waals surface area (Å²) in [5.41, 5.74) is -0.119. The van der Waals surface area contributed by atoms with Crippen molar-refractivity contribution in [2.75, 3.05) is 34.3 Å². The SMILES string of the molecule is COC1(C)CN(C(=O)N(C)C)C1. The summed E-state index contributed by atoms with van der Waals surface area (Å²) in [5, 5.41) is 0. The predicted octanol–water partition coefficient (Wildman–Crippen LogP) is 0.389. The van der Waals surface area contributed by atoms with E-state index in [0.717, 1.165) is 0 Å². The van der Waals surface area contributed by atoms with E-state index < -0.39 is 0 Å². The number of carbonyl (C=O) groups excluding carboxylic acids is 1. The zero-order valence-electron chi connectivity index (χ0n) is 8.13. The second kappa shape index (κ2) is 2.94. The molecule has 1 aliphatic rings. The van der Waals surface area contributed by atoms with E-state index in [1.165, 1.54) is 0 Å². The maximum absolute atomic E-state index is 11.3. The fourth-order valence-electron chi connectivity index (χ4n) is 1.31. The van der Waals surface area contributed by atoms with Crippen molar-refractivity contribution in [3.05, 3.63) is 0 Å². The van der Waals surface area contributed by atoms with Gasteiger partial charge in [-0.3, -0.25) is 0 Å². The molecule has 0 bridgehead atoms. The van der Waals surface area contributed by atoms with Gasteiger partial charge in [0.2, 0.25) is 0 Å². The lowest BCUT2D eigenvalue weighted by Gasteiger charge is -2.47. The third-order valence-electron chi connectivity index (χ3n) is 2.20. The number of urea groups is 1. The van der Waals surface area contributed by atoms with Gasteiger partial charge in [0.15, 0.2) is 0 Å². The number of likely N-dealkylation sites (tertiary alicyclic amines) is 1. The Hall–Kier alpha value is -0.770. The molecule has 1 saturated heterocycles. The van der Waals surface area contributed by atoms with E-state index in [2.05, 4.69) is 0 Å². The Morgan fingerprint density at radius 1 is 1.50 bits per heavy atom. The summed E-state index contributed by atoms with van der Waals surface area (Å²) in [4.78, 5) is 14.7. The molecule has 0 aromatic carbocycles. The van der Waals surface area contributed by atoms with Crippen LogP contribution in [0, 0.1) is 0 Å². The van der Waals surface area contributed by atoms with Crippen LogP contribution in [0.25, 0.3) is 0 Å². The molecule has 1 rings (SSSR count). The van der Waals surface area contributed by atoms with Gasteiger partial charge in [-0.1, -0.05) is 0 Å². The fraction of sp³-hybridized carbons (Fsp3) is 0.875. The Labute approximate surface area is 73.1 Å². The molecule has 0 atom stereocenters. The van der Waals surface area contributed by atoms with Crippen molar-refractivity contribution in [1.82, 2.24) is 9.80 Å². The van der Waals surface area contributed by atoms with Crippen LogP contribution in [0.3, 0.4) is 0 Å². The molecule has 0 unspecified atom stereocenters. The Morgan fingerprint density at radius 2 is 2.00 bits per heavy atom. The monoisotopic (exact) mass is 172 g/mol. The standard InChI is InChI=1S/C8H16N2O2/c1-8(12-4)5-10(6-8)7(11)9(2)3/h5-6H2,1-4H3. The molecule has 1 aliphatic heterocycles. The highest BCUT2D eigenvalue weighted by Crippen LogP contribution is 2.24. The Kier molecular flexibility index (Phi) is 2.28. The number of amides is 2. The molecular weight excluding hydrogens is 156 g/mol. The largest absolute Gasteiger partial charge is 0.375 e. The topological polar surface area (TPSA) is 32.8 Å². The molecule has 4 nitrogen and oxygen atoms in total. The van der Waals surface area contributed by atoms with Crippen LogP contribution < -0.4 is 0 Å². The number of ether oxygens (including phenoxy) is 1. The minimum atomic E-state index is -0.119. The Morgan fingerprint density at radius 3 is 2.33 bits per heavy atom. The van der Waals surface area contributed by atoms with Crippen molar-refractivity contribution < 1.29 is 9.53 Å². The molecule has 0 spiro atoms.